The van der Waals surface area contributed by atoms with Crippen LogP contribution >= 0.6 is 0 Å². The Hall–Kier alpha value is -3.13. The molecule has 2 fully saturated rings. The van der Waals surface area contributed by atoms with Crippen LogP contribution in [0.1, 0.15) is 47.6 Å². The van der Waals surface area contributed by atoms with Crippen LogP contribution in [0, 0.1) is 11.8 Å². The molecular weight excluding hydrogens is 496 g/mol. The maximum absolute atomic E-state index is 12.9. The molecular formula is C22H23F6N5O3. The number of nitrogens with one attached hydrogen (secondary N) is 3. The van der Waals surface area contributed by atoms with Crippen molar-refractivity contribution in [1.82, 2.24) is 20.6 Å². The molecule has 2 aromatic rings. The molecule has 4 rings (SSSR count). The molecule has 1 aliphatic heterocycles. The molecule has 2 heterocycles. The third-order valence-electron chi connectivity index (χ3n) is 6.69. The second-order valence-corrected chi connectivity index (χ2v) is 9.02. The van der Waals surface area contributed by atoms with Crippen LogP contribution in [0.4, 0.5) is 32.0 Å². The number of fused-ring (bicyclic) bond motifs is 1. The van der Waals surface area contributed by atoms with E-state index < -0.39 is 30.4 Å². The van der Waals surface area contributed by atoms with Crippen molar-refractivity contribution in [3.05, 3.63) is 47.8 Å². The van der Waals surface area contributed by atoms with Gasteiger partial charge in [-0.15, -0.1) is 0 Å². The molecule has 1 saturated carbocycles. The minimum absolute atomic E-state index is 0.0238. The Morgan fingerprint density at radius 2 is 1.72 bits per heavy atom. The zero-order valence-corrected chi connectivity index (χ0v) is 18.7. The summed E-state index contributed by atoms with van der Waals surface area (Å²) in [6.45, 7) is -1.96. The number of alkyl halides is 6. The Kier molecular flexibility index (Phi) is 6.77. The summed E-state index contributed by atoms with van der Waals surface area (Å²) >= 11 is 0. The van der Waals surface area contributed by atoms with Crippen molar-refractivity contribution < 1.29 is 41.0 Å². The van der Waals surface area contributed by atoms with E-state index in [0.29, 0.717) is 11.9 Å². The van der Waals surface area contributed by atoms with E-state index in [1.807, 2.05) is 0 Å². The van der Waals surface area contributed by atoms with Gasteiger partial charge in [0.25, 0.3) is 11.5 Å². The summed E-state index contributed by atoms with van der Waals surface area (Å²) in [7, 11) is 0. The number of hydrogen-bond acceptors (Lipinski definition) is 5. The minimum Gasteiger partial charge on any atom is -0.372 e. The second-order valence-electron chi connectivity index (χ2n) is 9.02. The molecule has 8 nitrogen and oxygen atoms in total. The lowest BCUT2D eigenvalue weighted by atomic mass is 9.72. The SMILES string of the molecule is O=C(Nc1ccc(C2NNC(=O)C3CCCCC32)cc1)c1cnn(CC(O)(C(F)(F)F)C(F)(F)F)c1. The maximum Gasteiger partial charge on any atom is 0.428 e. The molecule has 0 spiro atoms. The van der Waals surface area contributed by atoms with Crippen LogP contribution in [-0.2, 0) is 11.3 Å². The predicted octanol–water partition coefficient (Wildman–Crippen LogP) is 3.47. The summed E-state index contributed by atoms with van der Waals surface area (Å²) < 4.78 is 77.6. The Balaban J connectivity index is 1.43. The van der Waals surface area contributed by atoms with E-state index in [1.54, 1.807) is 24.3 Å². The lowest BCUT2D eigenvalue weighted by molar-refractivity contribution is -0.372. The van der Waals surface area contributed by atoms with Gasteiger partial charge in [-0.05, 0) is 36.5 Å². The molecule has 1 aromatic carbocycles. The van der Waals surface area contributed by atoms with E-state index in [2.05, 4.69) is 21.3 Å². The third-order valence-corrected chi connectivity index (χ3v) is 6.69. The Labute approximate surface area is 201 Å². The van der Waals surface area contributed by atoms with Gasteiger partial charge in [0.1, 0.15) is 0 Å². The number of aliphatic hydroxyl groups is 1. The van der Waals surface area contributed by atoms with Crippen molar-refractivity contribution >= 4 is 17.5 Å². The van der Waals surface area contributed by atoms with Gasteiger partial charge in [-0.2, -0.15) is 31.4 Å². The van der Waals surface area contributed by atoms with E-state index in [9.17, 15) is 41.0 Å². The number of benzene rings is 1. The first-order chi connectivity index (χ1) is 16.8. The number of hydrogen-bond donors (Lipinski definition) is 4. The highest BCUT2D eigenvalue weighted by Gasteiger charge is 2.70. The van der Waals surface area contributed by atoms with Gasteiger partial charge in [-0.3, -0.25) is 19.7 Å². The summed E-state index contributed by atoms with van der Waals surface area (Å²) in [6.07, 6.45) is -6.79. The smallest absolute Gasteiger partial charge is 0.372 e. The summed E-state index contributed by atoms with van der Waals surface area (Å²) in [6, 6.07) is 6.59. The molecule has 3 atom stereocenters. The maximum atomic E-state index is 12.9. The zero-order chi connectivity index (χ0) is 26.3. The number of rotatable bonds is 5. The number of amides is 2. The van der Waals surface area contributed by atoms with Crippen LogP contribution in [0.5, 0.6) is 0 Å². The van der Waals surface area contributed by atoms with Crippen molar-refractivity contribution in [2.24, 2.45) is 11.8 Å². The topological polar surface area (TPSA) is 108 Å². The highest BCUT2D eigenvalue weighted by molar-refractivity contribution is 6.03. The van der Waals surface area contributed by atoms with Crippen LogP contribution < -0.4 is 16.2 Å². The summed E-state index contributed by atoms with van der Waals surface area (Å²) in [4.78, 5) is 24.6. The van der Waals surface area contributed by atoms with Crippen LogP contribution in [0.25, 0.3) is 0 Å². The molecule has 4 N–H and O–H groups in total. The number of anilines is 1. The van der Waals surface area contributed by atoms with Crippen molar-refractivity contribution in [1.29, 1.82) is 0 Å². The first kappa shape index (κ1) is 25.9. The Morgan fingerprint density at radius 3 is 2.36 bits per heavy atom. The van der Waals surface area contributed by atoms with Crippen molar-refractivity contribution in [3.8, 4) is 0 Å². The van der Waals surface area contributed by atoms with Crippen molar-refractivity contribution in [3.63, 3.8) is 0 Å². The fourth-order valence-corrected chi connectivity index (χ4v) is 4.68. The van der Waals surface area contributed by atoms with E-state index in [-0.39, 0.29) is 34.0 Å². The Bertz CT molecular complexity index is 1100. The fourth-order valence-electron chi connectivity index (χ4n) is 4.68. The quantitative estimate of drug-likeness (QED) is 0.453. The summed E-state index contributed by atoms with van der Waals surface area (Å²) in [5.41, 5.74) is 1.63. The molecule has 0 bridgehead atoms. The van der Waals surface area contributed by atoms with Crippen LogP contribution in [0.15, 0.2) is 36.7 Å². The van der Waals surface area contributed by atoms with Gasteiger partial charge in [-0.1, -0.05) is 25.0 Å². The lowest BCUT2D eigenvalue weighted by Gasteiger charge is -2.41. The molecule has 3 unspecified atom stereocenters. The number of carbonyl (C=O) groups excluding carboxylic acids is 2. The number of carbonyl (C=O) groups is 2. The van der Waals surface area contributed by atoms with Crippen LogP contribution in [-0.4, -0.2) is 44.7 Å². The second kappa shape index (κ2) is 9.39. The van der Waals surface area contributed by atoms with Gasteiger partial charge >= 0.3 is 12.4 Å². The van der Waals surface area contributed by atoms with Crippen LogP contribution in [0.3, 0.4) is 0 Å². The molecule has 1 saturated heterocycles. The molecule has 1 aromatic heterocycles. The van der Waals surface area contributed by atoms with Gasteiger partial charge in [0.2, 0.25) is 5.91 Å². The fraction of sp³-hybridized carbons (Fsp3) is 0.500. The van der Waals surface area contributed by atoms with Crippen molar-refractivity contribution in [2.45, 2.75) is 56.2 Å². The molecule has 14 heteroatoms. The predicted molar refractivity (Wildman–Crippen MR) is 113 cm³/mol. The number of halogens is 6. The van der Waals surface area contributed by atoms with Gasteiger partial charge in [0, 0.05) is 17.8 Å². The van der Waals surface area contributed by atoms with Crippen molar-refractivity contribution in [2.75, 3.05) is 5.32 Å². The standard InChI is InChI=1S/C22H23F6N5O3/c23-21(24,25)20(36,22(26,27)28)11-33-10-13(9-29-33)18(34)30-14-7-5-12(6-8-14)17-15-3-1-2-4-16(15)19(35)32-31-17/h5-10,15-17,31,36H,1-4,11H2,(H,30,34)(H,32,35). The highest BCUT2D eigenvalue weighted by Crippen LogP contribution is 2.44. The monoisotopic (exact) mass is 519 g/mol. The molecule has 2 amide bonds. The molecule has 2 aliphatic rings. The molecule has 196 valence electrons. The van der Waals surface area contributed by atoms with E-state index in [4.69, 9.17) is 0 Å². The van der Waals surface area contributed by atoms with Crippen LogP contribution in [0.2, 0.25) is 0 Å². The molecule has 1 aliphatic carbocycles. The Morgan fingerprint density at radius 1 is 1.08 bits per heavy atom. The van der Waals surface area contributed by atoms with E-state index in [0.717, 1.165) is 37.4 Å². The molecule has 0 radical (unpaired) electrons. The van der Waals surface area contributed by atoms with Gasteiger partial charge < -0.3 is 10.4 Å². The van der Waals surface area contributed by atoms with Gasteiger partial charge in [-0.25, -0.2) is 5.43 Å². The minimum atomic E-state index is -6.00. The lowest BCUT2D eigenvalue weighted by Crippen LogP contribution is -2.59. The molecule has 36 heavy (non-hydrogen) atoms. The number of nitrogens with zero attached hydrogens (tertiary/aromatic N) is 2. The first-order valence-electron chi connectivity index (χ1n) is 11.1. The van der Waals surface area contributed by atoms with Gasteiger partial charge in [0.05, 0.1) is 24.3 Å². The number of hydrazine groups is 1. The zero-order valence-electron chi connectivity index (χ0n) is 18.7. The van der Waals surface area contributed by atoms with E-state index in [1.165, 1.54) is 0 Å². The summed E-state index contributed by atoms with van der Waals surface area (Å²) in [5.74, 6) is -0.782. The largest absolute Gasteiger partial charge is 0.428 e. The average Bonchev–Trinajstić information content (AvgIpc) is 3.27. The normalized spacial score (nSPS) is 23.1. The average molecular weight is 519 g/mol. The first-order valence-corrected chi connectivity index (χ1v) is 11.1. The highest BCUT2D eigenvalue weighted by atomic mass is 19.4. The third kappa shape index (κ3) is 4.91. The number of aromatic nitrogens is 2. The summed E-state index contributed by atoms with van der Waals surface area (Å²) in [5, 5.41) is 15.2. The van der Waals surface area contributed by atoms with Gasteiger partial charge in [0.15, 0.2) is 0 Å². The van der Waals surface area contributed by atoms with E-state index >= 15 is 0 Å².